The molecular weight excluding hydrogens is 380 g/mol. The van der Waals surface area contributed by atoms with E-state index in [4.69, 9.17) is 4.52 Å². The first-order valence-electron chi connectivity index (χ1n) is 9.66. The second-order valence-electron chi connectivity index (χ2n) is 8.83. The number of nitrogens with one attached hydrogen (secondary N) is 1. The van der Waals surface area contributed by atoms with Gasteiger partial charge in [0.1, 0.15) is 0 Å². The van der Waals surface area contributed by atoms with Crippen molar-refractivity contribution in [1.82, 2.24) is 14.4 Å². The van der Waals surface area contributed by atoms with E-state index in [0.717, 1.165) is 32.5 Å². The van der Waals surface area contributed by atoms with Crippen molar-refractivity contribution in [3.05, 3.63) is 11.8 Å². The lowest BCUT2D eigenvalue weighted by atomic mass is 9.91. The van der Waals surface area contributed by atoms with Crippen molar-refractivity contribution >= 4 is 22.8 Å². The lowest BCUT2D eigenvalue weighted by molar-refractivity contribution is -0.126. The van der Waals surface area contributed by atoms with Crippen LogP contribution in [-0.2, 0) is 21.2 Å². The van der Waals surface area contributed by atoms with Gasteiger partial charge < -0.3 is 9.63 Å². The molecule has 9 heteroatoms. The average Bonchev–Trinajstić information content (AvgIpc) is 3.11. The monoisotopic (exact) mass is 414 g/mol. The third kappa shape index (κ3) is 5.40. The van der Waals surface area contributed by atoms with Gasteiger partial charge in [0.15, 0.2) is 0 Å². The third-order valence-electron chi connectivity index (χ3n) is 5.72. The third-order valence-corrected chi connectivity index (χ3v) is 6.78. The summed E-state index contributed by atoms with van der Waals surface area (Å²) in [5, 5.41) is 16.2. The number of hydrogen-bond acceptors (Lipinski definition) is 6. The minimum atomic E-state index is -0.952. The van der Waals surface area contributed by atoms with Crippen LogP contribution < -0.4 is 5.32 Å². The number of aliphatic hydroxyl groups is 1. The molecule has 1 aromatic rings. The molecule has 0 radical (unpaired) electrons. The molecule has 1 amide bonds. The molecule has 1 aliphatic rings. The number of carbonyl (C=O) groups excluding carboxylic acids is 1. The molecule has 1 aromatic heterocycles. The van der Waals surface area contributed by atoms with Gasteiger partial charge in [-0.1, -0.05) is 19.0 Å². The fourth-order valence-corrected chi connectivity index (χ4v) is 4.00. The Kier molecular flexibility index (Phi) is 7.41. The molecule has 0 spiro atoms. The van der Waals surface area contributed by atoms with E-state index in [9.17, 15) is 14.1 Å². The zero-order valence-corrected chi connectivity index (χ0v) is 18.6. The predicted octanol–water partition coefficient (Wildman–Crippen LogP) is 1.60. The van der Waals surface area contributed by atoms with Gasteiger partial charge in [0, 0.05) is 37.4 Å². The summed E-state index contributed by atoms with van der Waals surface area (Å²) in [6, 6.07) is 1.65. The molecule has 2 N–H and O–H groups in total. The maximum atomic E-state index is 12.9. The Balaban J connectivity index is 1.98. The molecule has 160 valence electrons. The minimum Gasteiger partial charge on any atom is -0.395 e. The topological polar surface area (TPSA) is 98.9 Å². The molecule has 2 heterocycles. The molecule has 0 bridgehead atoms. The fourth-order valence-electron chi connectivity index (χ4n) is 3.20. The summed E-state index contributed by atoms with van der Waals surface area (Å²) in [5.74, 6) is 0.455. The van der Waals surface area contributed by atoms with Crippen LogP contribution in [0.3, 0.4) is 0 Å². The summed E-state index contributed by atoms with van der Waals surface area (Å²) in [4.78, 5) is 14.9. The predicted molar refractivity (Wildman–Crippen MR) is 110 cm³/mol. The van der Waals surface area contributed by atoms with Crippen LogP contribution in [-0.4, -0.2) is 74.7 Å². The molecule has 1 aliphatic heterocycles. The number of amides is 1. The second kappa shape index (κ2) is 9.02. The van der Waals surface area contributed by atoms with E-state index in [1.165, 1.54) is 0 Å². The number of aromatic nitrogens is 1. The zero-order valence-electron chi connectivity index (χ0n) is 17.8. The molecule has 1 saturated heterocycles. The maximum Gasteiger partial charge on any atom is 0.246 e. The highest BCUT2D eigenvalue weighted by molar-refractivity contribution is 7.81. The van der Waals surface area contributed by atoms with Crippen molar-refractivity contribution in [2.75, 3.05) is 44.9 Å². The van der Waals surface area contributed by atoms with Gasteiger partial charge in [-0.25, -0.2) is 8.51 Å². The molecule has 8 nitrogen and oxygen atoms in total. The number of nitrogens with zero attached hydrogens (tertiary/aromatic N) is 3. The van der Waals surface area contributed by atoms with Gasteiger partial charge in [-0.3, -0.25) is 15.0 Å². The zero-order chi connectivity index (χ0) is 21.1. The molecule has 0 saturated carbocycles. The number of piperidine rings is 1. The maximum absolute atomic E-state index is 12.9. The highest BCUT2D eigenvalue weighted by Crippen LogP contribution is 2.26. The standard InChI is InChI=1S/C19H34N4O4S/c1-18(2,13-24)15-10-16(27-21-15)20-17(25)19(3,4)22(5)11-14-8-7-9-23(12-14)28(6)26/h10,14,24H,7-9,11-13H2,1-6H3,(H,20,25)/t14-,28?/m1/s1. The first-order chi connectivity index (χ1) is 13.0. The quantitative estimate of drug-likeness (QED) is 0.670. The van der Waals surface area contributed by atoms with Crippen LogP contribution in [0.1, 0.15) is 46.2 Å². The molecule has 1 unspecified atom stereocenters. The van der Waals surface area contributed by atoms with Crippen LogP contribution in [0.4, 0.5) is 5.88 Å². The number of carbonyl (C=O) groups is 1. The second-order valence-corrected chi connectivity index (χ2v) is 10.2. The summed E-state index contributed by atoms with van der Waals surface area (Å²) < 4.78 is 19.0. The van der Waals surface area contributed by atoms with Gasteiger partial charge >= 0.3 is 0 Å². The van der Waals surface area contributed by atoms with E-state index in [2.05, 4.69) is 10.5 Å². The fraction of sp³-hybridized carbons (Fsp3) is 0.789. The first-order valence-corrected chi connectivity index (χ1v) is 11.2. The SMILES string of the molecule is CN(C[C@H]1CCCN(S(C)=O)C1)C(C)(C)C(=O)Nc1cc(C(C)(C)CO)no1. The van der Waals surface area contributed by atoms with Crippen molar-refractivity contribution in [2.24, 2.45) is 5.92 Å². The highest BCUT2D eigenvalue weighted by atomic mass is 32.2. The Morgan fingerprint density at radius 3 is 2.75 bits per heavy atom. The number of aliphatic hydroxyl groups excluding tert-OH is 1. The van der Waals surface area contributed by atoms with Crippen molar-refractivity contribution < 1.29 is 18.6 Å². The molecule has 0 aromatic carbocycles. The Hall–Kier alpha value is -1.29. The number of anilines is 1. The van der Waals surface area contributed by atoms with Crippen LogP contribution in [0.2, 0.25) is 0 Å². The van der Waals surface area contributed by atoms with E-state index in [0.29, 0.717) is 11.6 Å². The van der Waals surface area contributed by atoms with Crippen LogP contribution in [0.15, 0.2) is 10.6 Å². The van der Waals surface area contributed by atoms with E-state index in [-0.39, 0.29) is 18.4 Å². The van der Waals surface area contributed by atoms with E-state index >= 15 is 0 Å². The lowest BCUT2D eigenvalue weighted by Crippen LogP contribution is -2.53. The smallest absolute Gasteiger partial charge is 0.246 e. The van der Waals surface area contributed by atoms with Crippen LogP contribution in [0.5, 0.6) is 0 Å². The van der Waals surface area contributed by atoms with E-state index in [1.54, 1.807) is 12.3 Å². The summed E-state index contributed by atoms with van der Waals surface area (Å²) in [6.07, 6.45) is 3.80. The molecule has 2 atom stereocenters. The average molecular weight is 415 g/mol. The summed E-state index contributed by atoms with van der Waals surface area (Å²) >= 11 is 0. The normalized spacial score (nSPS) is 20.4. The van der Waals surface area contributed by atoms with Gasteiger partial charge in [-0.05, 0) is 39.7 Å². The lowest BCUT2D eigenvalue weighted by Gasteiger charge is -2.39. The Morgan fingerprint density at radius 1 is 1.46 bits per heavy atom. The van der Waals surface area contributed by atoms with Gasteiger partial charge in [0.05, 0.1) is 28.8 Å². The first kappa shape index (κ1) is 23.0. The largest absolute Gasteiger partial charge is 0.395 e. The number of hydrogen-bond donors (Lipinski definition) is 2. The summed E-state index contributed by atoms with van der Waals surface area (Å²) in [5.41, 5.74) is -0.704. The van der Waals surface area contributed by atoms with Crippen molar-refractivity contribution in [2.45, 2.75) is 51.5 Å². The Morgan fingerprint density at radius 2 is 2.14 bits per heavy atom. The Labute approximate surface area is 170 Å². The van der Waals surface area contributed by atoms with Crippen molar-refractivity contribution in [3.8, 4) is 0 Å². The molecule has 2 rings (SSSR count). The van der Waals surface area contributed by atoms with Gasteiger partial charge in [-0.2, -0.15) is 0 Å². The Bertz CT molecular complexity index is 704. The number of rotatable bonds is 8. The number of likely N-dealkylation sites (N-methyl/N-ethyl adjacent to an activating group) is 1. The van der Waals surface area contributed by atoms with E-state index in [1.807, 2.05) is 43.9 Å². The van der Waals surface area contributed by atoms with Crippen LogP contribution in [0, 0.1) is 5.92 Å². The summed E-state index contributed by atoms with van der Waals surface area (Å²) in [6.45, 7) is 9.77. The van der Waals surface area contributed by atoms with Crippen LogP contribution >= 0.6 is 0 Å². The molecular formula is C19H34N4O4S. The van der Waals surface area contributed by atoms with Crippen LogP contribution in [0.25, 0.3) is 0 Å². The minimum absolute atomic E-state index is 0.0674. The molecule has 0 aliphatic carbocycles. The highest BCUT2D eigenvalue weighted by Gasteiger charge is 2.35. The van der Waals surface area contributed by atoms with Crippen molar-refractivity contribution in [1.29, 1.82) is 0 Å². The summed E-state index contributed by atoms with van der Waals surface area (Å²) in [7, 11) is 0.981. The molecule has 1 fully saturated rings. The van der Waals surface area contributed by atoms with Gasteiger partial charge in [0.2, 0.25) is 11.8 Å². The van der Waals surface area contributed by atoms with Gasteiger partial charge in [0.25, 0.3) is 0 Å². The van der Waals surface area contributed by atoms with Crippen molar-refractivity contribution in [3.63, 3.8) is 0 Å². The molecule has 28 heavy (non-hydrogen) atoms. The van der Waals surface area contributed by atoms with Gasteiger partial charge in [-0.15, -0.1) is 0 Å². The van der Waals surface area contributed by atoms with E-state index < -0.39 is 21.9 Å².